The van der Waals surface area contributed by atoms with Crippen LogP contribution in [-0.4, -0.2) is 18.6 Å². The molecule has 7 heteroatoms. The molecule has 7 nitrogen and oxygen atoms in total. The van der Waals surface area contributed by atoms with E-state index in [-0.39, 0.29) is 24.4 Å². The summed E-state index contributed by atoms with van der Waals surface area (Å²) in [6, 6.07) is 19.7. The second-order valence-electron chi connectivity index (χ2n) is 7.05. The van der Waals surface area contributed by atoms with Crippen molar-refractivity contribution < 1.29 is 23.8 Å². The molecule has 0 unspecified atom stereocenters. The highest BCUT2D eigenvalue weighted by Gasteiger charge is 2.21. The minimum absolute atomic E-state index is 0.193. The lowest BCUT2D eigenvalue weighted by Gasteiger charge is -2.19. The van der Waals surface area contributed by atoms with Gasteiger partial charge in [0.1, 0.15) is 0 Å². The third-order valence-corrected chi connectivity index (χ3v) is 4.94. The molecule has 5 rings (SSSR count). The number of benzene rings is 3. The molecule has 2 N–H and O–H groups in total. The lowest BCUT2D eigenvalue weighted by molar-refractivity contribution is -0.115. The first-order chi connectivity index (χ1) is 15.2. The summed E-state index contributed by atoms with van der Waals surface area (Å²) in [5, 5.41) is 5.68. The molecular weight excluding hydrogens is 396 g/mol. The molecular formula is C24H18N2O5. The van der Waals surface area contributed by atoms with Gasteiger partial charge >= 0.3 is 0 Å². The van der Waals surface area contributed by atoms with Gasteiger partial charge in [0.05, 0.1) is 5.69 Å². The maximum Gasteiger partial charge on any atom is 0.291 e. The van der Waals surface area contributed by atoms with E-state index in [0.717, 1.165) is 11.1 Å². The van der Waals surface area contributed by atoms with Crippen LogP contribution in [0.5, 0.6) is 17.2 Å². The molecule has 2 aliphatic heterocycles. The molecule has 0 aromatic heterocycles. The molecule has 3 aromatic rings. The Balaban J connectivity index is 1.24. The first kappa shape index (κ1) is 18.7. The van der Waals surface area contributed by atoms with E-state index in [0.29, 0.717) is 35.0 Å². The molecule has 0 spiro atoms. The number of amides is 2. The van der Waals surface area contributed by atoms with Crippen molar-refractivity contribution in [2.24, 2.45) is 0 Å². The number of carbonyl (C=O) groups excluding carboxylic acids is 2. The van der Waals surface area contributed by atoms with Crippen LogP contribution in [0.1, 0.15) is 21.5 Å². The Morgan fingerprint density at radius 2 is 1.77 bits per heavy atom. The number of rotatable bonds is 4. The number of anilines is 1. The Kier molecular flexibility index (Phi) is 4.76. The normalized spacial score (nSPS) is 15.1. The third kappa shape index (κ3) is 3.93. The van der Waals surface area contributed by atoms with Gasteiger partial charge < -0.3 is 24.8 Å². The predicted octanol–water partition coefficient (Wildman–Crippen LogP) is 3.72. The van der Waals surface area contributed by atoms with Crippen LogP contribution in [0.2, 0.25) is 0 Å². The number of hydrogen-bond acceptors (Lipinski definition) is 5. The van der Waals surface area contributed by atoms with Gasteiger partial charge in [-0.15, -0.1) is 0 Å². The van der Waals surface area contributed by atoms with Crippen LogP contribution in [0.25, 0.3) is 6.08 Å². The number of carbonyl (C=O) groups is 2. The summed E-state index contributed by atoms with van der Waals surface area (Å²) in [6.07, 6.45) is 1.64. The van der Waals surface area contributed by atoms with E-state index in [4.69, 9.17) is 14.2 Å². The highest BCUT2D eigenvalue weighted by Crippen LogP contribution is 2.32. The number of fused-ring (bicyclic) bond motifs is 2. The third-order valence-electron chi connectivity index (χ3n) is 4.94. The van der Waals surface area contributed by atoms with Crippen LogP contribution < -0.4 is 24.8 Å². The molecule has 2 amide bonds. The molecule has 31 heavy (non-hydrogen) atoms. The molecule has 0 atom stereocenters. The second kappa shape index (κ2) is 7.87. The van der Waals surface area contributed by atoms with Gasteiger partial charge in [-0.05, 0) is 53.6 Å². The minimum Gasteiger partial charge on any atom is -0.454 e. The first-order valence-corrected chi connectivity index (χ1v) is 9.72. The molecule has 2 heterocycles. The van der Waals surface area contributed by atoms with E-state index in [9.17, 15) is 9.59 Å². The highest BCUT2D eigenvalue weighted by molar-refractivity contribution is 6.08. The lowest BCUT2D eigenvalue weighted by Crippen LogP contribution is -2.23. The van der Waals surface area contributed by atoms with Crippen molar-refractivity contribution >= 4 is 23.6 Å². The topological polar surface area (TPSA) is 85.9 Å². The van der Waals surface area contributed by atoms with Crippen molar-refractivity contribution in [1.29, 1.82) is 0 Å². The van der Waals surface area contributed by atoms with Gasteiger partial charge in [0.15, 0.2) is 23.0 Å². The number of ether oxygens (including phenoxy) is 3. The monoisotopic (exact) mass is 414 g/mol. The summed E-state index contributed by atoms with van der Waals surface area (Å²) < 4.78 is 16.3. The van der Waals surface area contributed by atoms with Crippen molar-refractivity contribution in [2.45, 2.75) is 6.54 Å². The van der Waals surface area contributed by atoms with Crippen LogP contribution >= 0.6 is 0 Å². The van der Waals surface area contributed by atoms with Crippen LogP contribution in [0, 0.1) is 0 Å². The van der Waals surface area contributed by atoms with Crippen LogP contribution in [0.15, 0.2) is 72.5 Å². The van der Waals surface area contributed by atoms with Gasteiger partial charge in [-0.3, -0.25) is 9.59 Å². The largest absolute Gasteiger partial charge is 0.454 e. The predicted molar refractivity (Wildman–Crippen MR) is 114 cm³/mol. The summed E-state index contributed by atoms with van der Waals surface area (Å²) in [5.74, 6) is 1.66. The number of nitrogens with one attached hydrogen (secondary N) is 2. The standard InChI is InChI=1S/C24H18N2O5/c27-23(25-13-16-7-10-20-21(12-16)30-14-29-20)17-8-5-15(6-9-17)11-22-24(28)26-18-3-1-2-4-19(18)31-22/h1-12H,13-14H2,(H,25,27)(H,26,28). The fraction of sp³-hybridized carbons (Fsp3) is 0.0833. The Labute approximate surface area is 178 Å². The SMILES string of the molecule is O=C1Nc2ccccc2OC1=Cc1ccc(C(=O)NCc2ccc3c(c2)OCO3)cc1. The smallest absolute Gasteiger partial charge is 0.291 e. The van der Waals surface area contributed by atoms with E-state index in [1.54, 1.807) is 42.5 Å². The number of hydrogen-bond donors (Lipinski definition) is 2. The van der Waals surface area contributed by atoms with Crippen molar-refractivity contribution in [3.8, 4) is 17.2 Å². The Morgan fingerprint density at radius 1 is 0.968 bits per heavy atom. The summed E-state index contributed by atoms with van der Waals surface area (Å²) in [4.78, 5) is 24.7. The average Bonchev–Trinajstić information content (AvgIpc) is 3.26. The fourth-order valence-corrected chi connectivity index (χ4v) is 3.32. The van der Waals surface area contributed by atoms with E-state index in [1.165, 1.54) is 0 Å². The van der Waals surface area contributed by atoms with Gasteiger partial charge in [0.2, 0.25) is 6.79 Å². The van der Waals surface area contributed by atoms with Crippen molar-refractivity contribution in [2.75, 3.05) is 12.1 Å². The Morgan fingerprint density at radius 3 is 2.65 bits per heavy atom. The van der Waals surface area contributed by atoms with Crippen LogP contribution in [0.4, 0.5) is 5.69 Å². The molecule has 154 valence electrons. The van der Waals surface area contributed by atoms with Gasteiger partial charge in [-0.2, -0.15) is 0 Å². The molecule has 0 saturated carbocycles. The van der Waals surface area contributed by atoms with Crippen molar-refractivity contribution in [1.82, 2.24) is 5.32 Å². The zero-order chi connectivity index (χ0) is 21.2. The van der Waals surface area contributed by atoms with Gasteiger partial charge in [0.25, 0.3) is 11.8 Å². The van der Waals surface area contributed by atoms with Crippen LogP contribution in [-0.2, 0) is 11.3 Å². The quantitative estimate of drug-likeness (QED) is 0.636. The maximum atomic E-state index is 12.5. The van der Waals surface area contributed by atoms with Crippen molar-refractivity contribution in [3.63, 3.8) is 0 Å². The molecule has 0 aliphatic carbocycles. The molecule has 0 saturated heterocycles. The van der Waals surface area contributed by atoms with Gasteiger partial charge in [-0.25, -0.2) is 0 Å². The summed E-state index contributed by atoms with van der Waals surface area (Å²) >= 11 is 0. The molecule has 0 radical (unpaired) electrons. The maximum absolute atomic E-state index is 12.5. The zero-order valence-corrected chi connectivity index (χ0v) is 16.4. The van der Waals surface area contributed by atoms with Gasteiger partial charge in [0, 0.05) is 12.1 Å². The first-order valence-electron chi connectivity index (χ1n) is 9.72. The summed E-state index contributed by atoms with van der Waals surface area (Å²) in [7, 11) is 0. The average molecular weight is 414 g/mol. The molecule has 0 bridgehead atoms. The summed E-state index contributed by atoms with van der Waals surface area (Å²) in [6.45, 7) is 0.585. The lowest BCUT2D eigenvalue weighted by atomic mass is 10.1. The zero-order valence-electron chi connectivity index (χ0n) is 16.4. The van der Waals surface area contributed by atoms with E-state index >= 15 is 0 Å². The fourth-order valence-electron chi connectivity index (χ4n) is 3.32. The van der Waals surface area contributed by atoms with Gasteiger partial charge in [-0.1, -0.05) is 30.3 Å². The Bertz CT molecular complexity index is 1200. The van der Waals surface area contributed by atoms with E-state index < -0.39 is 0 Å². The second-order valence-corrected chi connectivity index (χ2v) is 7.05. The van der Waals surface area contributed by atoms with E-state index in [2.05, 4.69) is 10.6 Å². The van der Waals surface area contributed by atoms with E-state index in [1.807, 2.05) is 30.3 Å². The summed E-state index contributed by atoms with van der Waals surface area (Å²) in [5.41, 5.74) is 2.82. The van der Waals surface area contributed by atoms with Crippen LogP contribution in [0.3, 0.4) is 0 Å². The molecule has 3 aromatic carbocycles. The Hall–Kier alpha value is -4.26. The van der Waals surface area contributed by atoms with Crippen molar-refractivity contribution in [3.05, 3.63) is 89.2 Å². The molecule has 0 fully saturated rings. The minimum atomic E-state index is -0.316. The highest BCUT2D eigenvalue weighted by atomic mass is 16.7. The molecule has 2 aliphatic rings. The number of para-hydroxylation sites is 2.